The smallest absolute Gasteiger partial charge is 0.231 e. The van der Waals surface area contributed by atoms with Crippen molar-refractivity contribution in [1.82, 2.24) is 25.1 Å². The van der Waals surface area contributed by atoms with E-state index in [9.17, 15) is 0 Å². The van der Waals surface area contributed by atoms with E-state index >= 15 is 0 Å². The molecule has 3 aromatic rings. The van der Waals surface area contributed by atoms with Crippen molar-refractivity contribution < 1.29 is 14.2 Å². The second-order valence-electron chi connectivity index (χ2n) is 6.95. The normalized spacial score (nSPS) is 17.6. The number of hydrogen-bond donors (Lipinski definition) is 0. The SMILES string of the molecule is Cc1ccc(-n2nnnc2[C@H](c2ccc3c(c2)OCO3)N2CCOCC2)cc1. The number of fused-ring (bicyclic) bond motifs is 1. The summed E-state index contributed by atoms with van der Waals surface area (Å²) in [5.41, 5.74) is 3.19. The Morgan fingerprint density at radius 1 is 0.964 bits per heavy atom. The van der Waals surface area contributed by atoms with E-state index in [2.05, 4.69) is 45.5 Å². The molecule has 8 heteroatoms. The maximum atomic E-state index is 5.60. The first-order valence-electron chi connectivity index (χ1n) is 9.36. The number of nitrogens with zero attached hydrogens (tertiary/aromatic N) is 5. The van der Waals surface area contributed by atoms with Crippen molar-refractivity contribution in [3.63, 3.8) is 0 Å². The Labute approximate surface area is 162 Å². The van der Waals surface area contributed by atoms with Crippen LogP contribution < -0.4 is 9.47 Å². The van der Waals surface area contributed by atoms with Crippen molar-refractivity contribution in [3.8, 4) is 17.2 Å². The minimum atomic E-state index is -0.116. The van der Waals surface area contributed by atoms with Gasteiger partial charge in [-0.25, -0.2) is 0 Å². The van der Waals surface area contributed by atoms with E-state index in [4.69, 9.17) is 14.2 Å². The van der Waals surface area contributed by atoms with Gasteiger partial charge in [0.25, 0.3) is 0 Å². The third-order valence-corrected chi connectivity index (χ3v) is 5.14. The highest BCUT2D eigenvalue weighted by Gasteiger charge is 2.31. The van der Waals surface area contributed by atoms with Crippen LogP contribution in [0.1, 0.15) is 23.0 Å². The molecule has 1 aromatic heterocycles. The summed E-state index contributed by atoms with van der Waals surface area (Å²) in [5, 5.41) is 12.7. The van der Waals surface area contributed by atoms with Gasteiger partial charge in [-0.2, -0.15) is 4.68 Å². The zero-order valence-electron chi connectivity index (χ0n) is 15.6. The zero-order chi connectivity index (χ0) is 18.9. The van der Waals surface area contributed by atoms with Crippen LogP contribution in [0.3, 0.4) is 0 Å². The maximum absolute atomic E-state index is 5.60. The van der Waals surface area contributed by atoms with Gasteiger partial charge in [0.1, 0.15) is 0 Å². The predicted molar refractivity (Wildman–Crippen MR) is 101 cm³/mol. The molecule has 28 heavy (non-hydrogen) atoms. The van der Waals surface area contributed by atoms with Gasteiger partial charge >= 0.3 is 0 Å². The molecule has 0 bridgehead atoms. The van der Waals surface area contributed by atoms with Gasteiger partial charge in [0.15, 0.2) is 17.3 Å². The van der Waals surface area contributed by atoms with Crippen LogP contribution in [0.5, 0.6) is 11.5 Å². The fraction of sp³-hybridized carbons (Fsp3) is 0.350. The van der Waals surface area contributed by atoms with Gasteiger partial charge in [-0.3, -0.25) is 4.90 Å². The summed E-state index contributed by atoms with van der Waals surface area (Å²) < 4.78 is 18.4. The van der Waals surface area contributed by atoms with Gasteiger partial charge in [-0.1, -0.05) is 23.8 Å². The summed E-state index contributed by atoms with van der Waals surface area (Å²) >= 11 is 0. The van der Waals surface area contributed by atoms with Crippen molar-refractivity contribution in [2.75, 3.05) is 33.1 Å². The van der Waals surface area contributed by atoms with Gasteiger partial charge in [-0.15, -0.1) is 5.10 Å². The summed E-state index contributed by atoms with van der Waals surface area (Å²) in [6, 6.07) is 14.1. The third kappa shape index (κ3) is 3.10. The number of hydrogen-bond acceptors (Lipinski definition) is 7. The average molecular weight is 379 g/mol. The number of aromatic nitrogens is 4. The van der Waals surface area contributed by atoms with Crippen LogP contribution in [0.2, 0.25) is 0 Å². The molecule has 0 N–H and O–H groups in total. The summed E-state index contributed by atoms with van der Waals surface area (Å²) in [6.07, 6.45) is 0. The van der Waals surface area contributed by atoms with E-state index in [1.165, 1.54) is 5.56 Å². The Morgan fingerprint density at radius 3 is 2.57 bits per heavy atom. The van der Waals surface area contributed by atoms with Crippen molar-refractivity contribution in [1.29, 1.82) is 0 Å². The zero-order valence-corrected chi connectivity index (χ0v) is 15.6. The number of rotatable bonds is 4. The Bertz CT molecular complexity index is 966. The number of aryl methyl sites for hydroxylation is 1. The van der Waals surface area contributed by atoms with E-state index in [0.717, 1.165) is 41.7 Å². The molecule has 0 amide bonds. The van der Waals surface area contributed by atoms with Crippen LogP contribution in [0.15, 0.2) is 42.5 Å². The predicted octanol–water partition coefficient (Wildman–Crippen LogP) is 2.12. The molecule has 0 radical (unpaired) electrons. The number of benzene rings is 2. The van der Waals surface area contributed by atoms with E-state index < -0.39 is 0 Å². The largest absolute Gasteiger partial charge is 0.454 e. The van der Waals surface area contributed by atoms with Gasteiger partial charge in [0.2, 0.25) is 6.79 Å². The van der Waals surface area contributed by atoms with Crippen LogP contribution >= 0.6 is 0 Å². The molecule has 1 atom stereocenters. The molecular weight excluding hydrogens is 358 g/mol. The van der Waals surface area contributed by atoms with Crippen LogP contribution in [-0.2, 0) is 4.74 Å². The highest BCUT2D eigenvalue weighted by atomic mass is 16.7. The quantitative estimate of drug-likeness (QED) is 0.687. The second-order valence-corrected chi connectivity index (χ2v) is 6.95. The third-order valence-electron chi connectivity index (χ3n) is 5.14. The molecular formula is C20H21N5O3. The summed E-state index contributed by atoms with van der Waals surface area (Å²) in [4.78, 5) is 2.34. The summed E-state index contributed by atoms with van der Waals surface area (Å²) in [7, 11) is 0. The lowest BCUT2D eigenvalue weighted by atomic mass is 10.0. The lowest BCUT2D eigenvalue weighted by Gasteiger charge is -2.34. The minimum Gasteiger partial charge on any atom is -0.454 e. The van der Waals surface area contributed by atoms with E-state index in [1.807, 2.05) is 28.9 Å². The lowest BCUT2D eigenvalue weighted by Crippen LogP contribution is -2.40. The van der Waals surface area contributed by atoms with Crippen LogP contribution in [-0.4, -0.2) is 58.2 Å². The monoisotopic (exact) mass is 379 g/mol. The molecule has 5 rings (SSSR count). The highest BCUT2D eigenvalue weighted by Crippen LogP contribution is 2.37. The molecule has 2 aliphatic heterocycles. The van der Waals surface area contributed by atoms with Gasteiger partial charge in [0, 0.05) is 13.1 Å². The molecule has 0 saturated carbocycles. The topological polar surface area (TPSA) is 74.5 Å². The molecule has 2 aliphatic rings. The molecule has 3 heterocycles. The molecule has 0 aliphatic carbocycles. The fourth-order valence-corrected chi connectivity index (χ4v) is 3.68. The molecule has 2 aromatic carbocycles. The molecule has 1 fully saturated rings. The Kier molecular flexibility index (Phi) is 4.42. The van der Waals surface area contributed by atoms with Crippen LogP contribution in [0.25, 0.3) is 5.69 Å². The molecule has 0 spiro atoms. The van der Waals surface area contributed by atoms with Crippen molar-refractivity contribution in [2.45, 2.75) is 13.0 Å². The standard InChI is InChI=1S/C20H21N5O3/c1-14-2-5-16(6-3-14)25-20(21-22-23-25)19(24-8-10-26-11-9-24)15-4-7-17-18(12-15)28-13-27-17/h2-7,12,19H,8-11,13H2,1H3/t19-/m0/s1. The van der Waals surface area contributed by atoms with Crippen molar-refractivity contribution in [3.05, 3.63) is 59.4 Å². The van der Waals surface area contributed by atoms with Crippen molar-refractivity contribution in [2.24, 2.45) is 0 Å². The average Bonchev–Trinajstić information content (AvgIpc) is 3.39. The molecule has 144 valence electrons. The van der Waals surface area contributed by atoms with E-state index in [-0.39, 0.29) is 12.8 Å². The highest BCUT2D eigenvalue weighted by molar-refractivity contribution is 5.46. The first-order valence-corrected chi connectivity index (χ1v) is 9.36. The molecule has 0 unspecified atom stereocenters. The van der Waals surface area contributed by atoms with Crippen molar-refractivity contribution >= 4 is 0 Å². The van der Waals surface area contributed by atoms with E-state index in [0.29, 0.717) is 13.2 Å². The van der Waals surface area contributed by atoms with Crippen LogP contribution in [0, 0.1) is 6.92 Å². The fourth-order valence-electron chi connectivity index (χ4n) is 3.68. The van der Waals surface area contributed by atoms with Gasteiger partial charge in [0.05, 0.1) is 24.9 Å². The minimum absolute atomic E-state index is 0.116. The van der Waals surface area contributed by atoms with Gasteiger partial charge in [-0.05, 0) is 47.2 Å². The number of tetrazole rings is 1. The number of morpholine rings is 1. The van der Waals surface area contributed by atoms with E-state index in [1.54, 1.807) is 0 Å². The Balaban J connectivity index is 1.59. The maximum Gasteiger partial charge on any atom is 0.231 e. The number of ether oxygens (including phenoxy) is 3. The lowest BCUT2D eigenvalue weighted by molar-refractivity contribution is 0.0220. The Hall–Kier alpha value is -2.97. The van der Waals surface area contributed by atoms with Gasteiger partial charge < -0.3 is 14.2 Å². The van der Waals surface area contributed by atoms with Crippen LogP contribution in [0.4, 0.5) is 0 Å². The first kappa shape index (κ1) is 17.2. The molecule has 1 saturated heterocycles. The summed E-state index contributed by atoms with van der Waals surface area (Å²) in [5.74, 6) is 2.29. The summed E-state index contributed by atoms with van der Waals surface area (Å²) in [6.45, 7) is 5.30. The second kappa shape index (κ2) is 7.21. The molecule has 8 nitrogen and oxygen atoms in total. The Morgan fingerprint density at radius 2 is 1.75 bits per heavy atom. The first-order chi connectivity index (χ1) is 13.8.